The van der Waals surface area contributed by atoms with Crippen LogP contribution in [0.25, 0.3) is 0 Å². The van der Waals surface area contributed by atoms with Gasteiger partial charge in [0.25, 0.3) is 0 Å². The molecular formula is C30H30N2O11S. The number of ketones is 3. The van der Waals surface area contributed by atoms with Gasteiger partial charge in [0.05, 0.1) is 36.2 Å². The predicted octanol–water partition coefficient (Wildman–Crippen LogP) is 1.05. The number of rotatable bonds is 2. The third-order valence-corrected chi connectivity index (χ3v) is 10.8. The van der Waals surface area contributed by atoms with Gasteiger partial charge >= 0.3 is 11.9 Å². The molecule has 13 nitrogen and oxygen atoms in total. The van der Waals surface area contributed by atoms with Crippen molar-refractivity contribution in [2.45, 2.75) is 62.8 Å². The van der Waals surface area contributed by atoms with Crippen LogP contribution in [0.3, 0.4) is 0 Å². The van der Waals surface area contributed by atoms with E-state index in [0.717, 1.165) is 11.8 Å². The van der Waals surface area contributed by atoms with Gasteiger partial charge in [-0.15, -0.1) is 11.8 Å². The number of aliphatic hydroxyl groups is 1. The second kappa shape index (κ2) is 10.2. The summed E-state index contributed by atoms with van der Waals surface area (Å²) >= 11 is 1.11. The van der Waals surface area contributed by atoms with Crippen LogP contribution in [0.15, 0.2) is 22.5 Å². The van der Waals surface area contributed by atoms with E-state index < -0.39 is 59.2 Å². The first-order valence-electron chi connectivity index (χ1n) is 14.2. The van der Waals surface area contributed by atoms with Gasteiger partial charge in [-0.3, -0.25) is 29.0 Å². The Balaban J connectivity index is 1.53. The van der Waals surface area contributed by atoms with E-state index in [-0.39, 0.29) is 54.0 Å². The second-order valence-corrected chi connectivity index (χ2v) is 12.8. The zero-order valence-electron chi connectivity index (χ0n) is 24.6. The van der Waals surface area contributed by atoms with Crippen molar-refractivity contribution in [3.8, 4) is 17.2 Å². The van der Waals surface area contributed by atoms with Crippen molar-refractivity contribution in [3.63, 3.8) is 0 Å². The van der Waals surface area contributed by atoms with Crippen molar-refractivity contribution in [2.75, 3.05) is 33.3 Å². The minimum atomic E-state index is -1.20. The summed E-state index contributed by atoms with van der Waals surface area (Å²) in [5.74, 6) is -2.48. The summed E-state index contributed by atoms with van der Waals surface area (Å²) in [4.78, 5) is 69.4. The molecule has 1 aromatic rings. The number of carbonyl (C=O) groups excluding carboxylic acids is 5. The van der Waals surface area contributed by atoms with Crippen LogP contribution in [0.2, 0.25) is 0 Å². The lowest BCUT2D eigenvalue weighted by molar-refractivity contribution is -0.179. The SMILES string of the molecule is COC1=C(C)C(=O)C2=C(C1=O)[C@@H]1[C@@H]3[C@@H]4SCC(=O)C(=O)OC[C@@H](c5c6c(c(C)c(OC(C)=O)c54)OCO6)N3[C@@H](O)[C@@H](C2)N1C. The molecule has 1 aliphatic carbocycles. The highest BCUT2D eigenvalue weighted by molar-refractivity contribution is 8.00. The van der Waals surface area contributed by atoms with Crippen molar-refractivity contribution in [2.24, 2.45) is 0 Å². The summed E-state index contributed by atoms with van der Waals surface area (Å²) in [7, 11) is 3.13. The molecule has 0 amide bonds. The maximum Gasteiger partial charge on any atom is 0.375 e. The number of Topliss-reactive ketones (excluding diaryl/α,β-unsaturated/α-hetero) is 3. The van der Waals surface area contributed by atoms with Crippen LogP contribution in [0.4, 0.5) is 0 Å². The Labute approximate surface area is 256 Å². The Morgan fingerprint density at radius 2 is 1.77 bits per heavy atom. The molecule has 1 N–H and O–H groups in total. The molecule has 0 radical (unpaired) electrons. The zero-order chi connectivity index (χ0) is 31.4. The average Bonchev–Trinajstić information content (AvgIpc) is 3.48. The summed E-state index contributed by atoms with van der Waals surface area (Å²) in [6.07, 6.45) is -1.09. The van der Waals surface area contributed by atoms with Crippen molar-refractivity contribution >= 4 is 41.1 Å². The molecule has 2 fully saturated rings. The molecule has 6 aliphatic rings. The minimum absolute atomic E-state index is 0.0414. The first-order chi connectivity index (χ1) is 21.0. The van der Waals surface area contributed by atoms with Crippen molar-refractivity contribution in [3.05, 3.63) is 39.2 Å². The number of carbonyl (C=O) groups is 5. The Morgan fingerprint density at radius 1 is 1.05 bits per heavy atom. The Hall–Kier alpha value is -3.72. The van der Waals surface area contributed by atoms with Crippen LogP contribution in [0, 0.1) is 6.92 Å². The average molecular weight is 627 g/mol. The van der Waals surface area contributed by atoms with Crippen LogP contribution < -0.4 is 14.2 Å². The number of esters is 2. The van der Waals surface area contributed by atoms with E-state index in [1.165, 1.54) is 14.0 Å². The number of cyclic esters (lactones) is 1. The number of methoxy groups -OCH3 is 1. The van der Waals surface area contributed by atoms with Crippen LogP contribution in [-0.2, 0) is 33.4 Å². The van der Waals surface area contributed by atoms with Gasteiger partial charge in [0, 0.05) is 46.4 Å². The quantitative estimate of drug-likeness (QED) is 0.215. The van der Waals surface area contributed by atoms with Gasteiger partial charge in [-0.2, -0.15) is 0 Å². The smallest absolute Gasteiger partial charge is 0.375 e. The Morgan fingerprint density at radius 3 is 2.48 bits per heavy atom. The lowest BCUT2D eigenvalue weighted by Gasteiger charge is -2.62. The summed E-state index contributed by atoms with van der Waals surface area (Å²) in [5, 5.41) is 11.4. The predicted molar refractivity (Wildman–Crippen MR) is 151 cm³/mol. The Kier molecular flexibility index (Phi) is 6.70. The fourth-order valence-electron chi connectivity index (χ4n) is 7.71. The monoisotopic (exact) mass is 626 g/mol. The van der Waals surface area contributed by atoms with E-state index in [4.69, 9.17) is 23.7 Å². The fraction of sp³-hybridized carbons (Fsp3) is 0.500. The van der Waals surface area contributed by atoms with Gasteiger partial charge < -0.3 is 28.8 Å². The molecular weight excluding hydrogens is 596 g/mol. The van der Waals surface area contributed by atoms with Gasteiger partial charge in [0.15, 0.2) is 23.0 Å². The molecule has 6 atom stereocenters. The fourth-order valence-corrected chi connectivity index (χ4v) is 9.05. The first-order valence-corrected chi connectivity index (χ1v) is 15.2. The first kappa shape index (κ1) is 29.0. The van der Waals surface area contributed by atoms with Gasteiger partial charge in [-0.25, -0.2) is 4.79 Å². The lowest BCUT2D eigenvalue weighted by Crippen LogP contribution is -2.73. The molecule has 0 aromatic heterocycles. The van der Waals surface area contributed by atoms with E-state index in [0.29, 0.717) is 33.8 Å². The molecule has 232 valence electrons. The highest BCUT2D eigenvalue weighted by Gasteiger charge is 2.62. The highest BCUT2D eigenvalue weighted by Crippen LogP contribution is 2.61. The third-order valence-electron chi connectivity index (χ3n) is 9.52. The second-order valence-electron chi connectivity index (χ2n) is 11.7. The van der Waals surface area contributed by atoms with Crippen LogP contribution in [0.5, 0.6) is 17.2 Å². The van der Waals surface area contributed by atoms with E-state index in [1.807, 2.05) is 4.90 Å². The number of aliphatic hydroxyl groups excluding tert-OH is 1. The van der Waals surface area contributed by atoms with Crippen LogP contribution in [-0.4, -0.2) is 102 Å². The molecule has 4 bridgehead atoms. The van der Waals surface area contributed by atoms with Crippen molar-refractivity contribution in [1.29, 1.82) is 0 Å². The largest absolute Gasteiger partial charge is 0.492 e. The standard InChI is InChI=1S/C30H30N2O11S/c1-10-22(35)13-6-14-29(37)32-15-7-40-30(38)16(34)8-44-28(21(32)20(31(14)4)17(13)23(36)25(10)39-5)19-18(15)27-26(41-9-42-27)11(2)24(19)43-12(3)33/h14-15,20-21,28-29,37H,6-9H2,1-5H3/t14-,15+,20-,21-,28-,29+/m1/s1. The number of allylic oxidation sites excluding steroid dienone is 2. The number of piperazine rings is 1. The summed E-state index contributed by atoms with van der Waals surface area (Å²) in [6, 6.07) is -3.01. The van der Waals surface area contributed by atoms with Crippen molar-refractivity contribution < 1.29 is 52.8 Å². The number of hydrogen-bond donors (Lipinski definition) is 1. The van der Waals surface area contributed by atoms with Crippen LogP contribution >= 0.6 is 11.8 Å². The number of benzene rings is 1. The van der Waals surface area contributed by atoms with Crippen molar-refractivity contribution in [1.82, 2.24) is 9.80 Å². The number of nitrogens with zero attached hydrogens (tertiary/aromatic N) is 2. The molecule has 14 heteroatoms. The van der Waals surface area contributed by atoms with Gasteiger partial charge in [0.1, 0.15) is 18.6 Å². The molecule has 5 heterocycles. The van der Waals surface area contributed by atoms with E-state index >= 15 is 0 Å². The molecule has 0 unspecified atom stereocenters. The molecule has 1 aromatic carbocycles. The molecule has 7 rings (SSSR count). The number of thioether (sulfide) groups is 1. The summed E-state index contributed by atoms with van der Waals surface area (Å²) < 4.78 is 28.5. The van der Waals surface area contributed by atoms with Gasteiger partial charge in [0.2, 0.25) is 18.4 Å². The number of hydrogen-bond acceptors (Lipinski definition) is 14. The summed E-state index contributed by atoms with van der Waals surface area (Å²) in [6.45, 7) is 4.10. The minimum Gasteiger partial charge on any atom is -0.492 e. The number of ether oxygens (including phenoxy) is 5. The number of fused-ring (bicyclic) bond motifs is 8. The molecule has 2 saturated heterocycles. The third kappa shape index (κ3) is 3.80. The lowest BCUT2D eigenvalue weighted by atomic mass is 9.70. The molecule has 0 spiro atoms. The molecule has 5 aliphatic heterocycles. The summed E-state index contributed by atoms with van der Waals surface area (Å²) in [5.41, 5.74) is 2.31. The normalized spacial score (nSPS) is 31.4. The molecule has 44 heavy (non-hydrogen) atoms. The molecule has 0 saturated carbocycles. The van der Waals surface area contributed by atoms with Gasteiger partial charge in [-0.05, 0) is 27.3 Å². The highest BCUT2D eigenvalue weighted by atomic mass is 32.2. The Bertz CT molecular complexity index is 1650. The maximum atomic E-state index is 14.1. The topological polar surface area (TPSA) is 158 Å². The van der Waals surface area contributed by atoms with Crippen LogP contribution in [0.1, 0.15) is 48.3 Å². The number of likely N-dealkylation sites (N-methyl/N-ethyl adjacent to an activating group) is 1. The maximum absolute atomic E-state index is 14.1. The van der Waals surface area contributed by atoms with Gasteiger partial charge in [-0.1, -0.05) is 0 Å². The zero-order valence-corrected chi connectivity index (χ0v) is 25.4. The van der Waals surface area contributed by atoms with E-state index in [9.17, 15) is 29.1 Å². The van der Waals surface area contributed by atoms with E-state index in [1.54, 1.807) is 25.8 Å². The van der Waals surface area contributed by atoms with E-state index in [2.05, 4.69) is 0 Å².